The van der Waals surface area contributed by atoms with Crippen molar-refractivity contribution in [1.29, 1.82) is 0 Å². The molecule has 0 radical (unpaired) electrons. The van der Waals surface area contributed by atoms with Crippen LogP contribution in [-0.4, -0.2) is 25.7 Å². The van der Waals surface area contributed by atoms with Gasteiger partial charge in [-0.1, -0.05) is 114 Å². The number of hydrogen-bond acceptors (Lipinski definition) is 6. The lowest BCUT2D eigenvalue weighted by molar-refractivity contribution is 0.0932. The molecule has 2 aromatic heterocycles. The smallest absolute Gasteiger partial charge is 0.271 e. The van der Waals surface area contributed by atoms with Gasteiger partial charge in [0.2, 0.25) is 0 Å². The number of rotatable bonds is 10. The predicted molar refractivity (Wildman–Crippen MR) is 175 cm³/mol. The molecule has 1 atom stereocenters. The summed E-state index contributed by atoms with van der Waals surface area (Å²) in [6.45, 7) is 2.06. The van der Waals surface area contributed by atoms with Gasteiger partial charge in [0.1, 0.15) is 10.7 Å². The minimum absolute atomic E-state index is 0.174. The quantitative estimate of drug-likeness (QED) is 0.156. The number of nitrogens with zero attached hydrogens (tertiary/aromatic N) is 4. The zero-order valence-electron chi connectivity index (χ0n) is 23.4. The van der Waals surface area contributed by atoms with Crippen LogP contribution in [0.4, 0.5) is 0 Å². The SMILES string of the molecule is Cc1ccc(-n2c(SCc3nc(C(=O)NC(Cc4ccccc4)c4ccccc4)cs3)nnc2-c2ccccc2Cl)cc1. The average molecular weight is 622 g/mol. The van der Waals surface area contributed by atoms with E-state index >= 15 is 0 Å². The average Bonchev–Trinajstić information content (AvgIpc) is 3.69. The zero-order chi connectivity index (χ0) is 29.6. The summed E-state index contributed by atoms with van der Waals surface area (Å²) in [6.07, 6.45) is 0.686. The second kappa shape index (κ2) is 13.4. The molecule has 6 aromatic rings. The summed E-state index contributed by atoms with van der Waals surface area (Å²) in [4.78, 5) is 18.0. The van der Waals surface area contributed by atoms with Crippen LogP contribution in [0.5, 0.6) is 0 Å². The second-order valence-corrected chi connectivity index (χ2v) is 12.3. The molecule has 0 fully saturated rings. The summed E-state index contributed by atoms with van der Waals surface area (Å²) in [7, 11) is 0. The number of carbonyl (C=O) groups is 1. The summed E-state index contributed by atoms with van der Waals surface area (Å²) < 4.78 is 2.01. The van der Waals surface area contributed by atoms with Crippen molar-refractivity contribution in [2.45, 2.75) is 30.3 Å². The van der Waals surface area contributed by atoms with Crippen LogP contribution in [0.1, 0.15) is 38.2 Å². The molecule has 2 heterocycles. The fourth-order valence-electron chi connectivity index (χ4n) is 4.73. The Morgan fingerprint density at radius 1 is 0.907 bits per heavy atom. The fourth-order valence-corrected chi connectivity index (χ4v) is 6.70. The number of benzene rings is 4. The first-order chi connectivity index (χ1) is 21.0. The van der Waals surface area contributed by atoms with Gasteiger partial charge in [0.05, 0.1) is 16.8 Å². The van der Waals surface area contributed by atoms with E-state index in [2.05, 4.69) is 51.7 Å². The summed E-state index contributed by atoms with van der Waals surface area (Å²) in [6, 6.07) is 35.9. The Bertz CT molecular complexity index is 1820. The number of aryl methyl sites for hydroxylation is 1. The van der Waals surface area contributed by atoms with E-state index in [4.69, 9.17) is 11.6 Å². The standard InChI is InChI=1S/C34H28ClN5OS2/c1-23-16-18-26(19-17-23)40-32(27-14-8-9-15-28(27)35)38-39-34(40)43-22-31-36-30(21-42-31)33(41)37-29(25-12-6-3-7-13-25)20-24-10-4-2-5-11-24/h2-19,21,29H,20,22H2,1H3,(H,37,41). The monoisotopic (exact) mass is 621 g/mol. The lowest BCUT2D eigenvalue weighted by Crippen LogP contribution is -2.30. The molecule has 0 aliphatic heterocycles. The molecule has 0 aliphatic rings. The number of hydrogen-bond donors (Lipinski definition) is 1. The van der Waals surface area contributed by atoms with Crippen LogP contribution in [0.2, 0.25) is 5.02 Å². The third-order valence-electron chi connectivity index (χ3n) is 6.94. The van der Waals surface area contributed by atoms with Crippen molar-refractivity contribution in [1.82, 2.24) is 25.1 Å². The highest BCUT2D eigenvalue weighted by Gasteiger charge is 2.21. The van der Waals surface area contributed by atoms with Gasteiger partial charge in [-0.05, 0) is 48.7 Å². The van der Waals surface area contributed by atoms with E-state index in [1.807, 2.05) is 94.9 Å². The molecule has 214 valence electrons. The van der Waals surface area contributed by atoms with E-state index < -0.39 is 0 Å². The van der Waals surface area contributed by atoms with Gasteiger partial charge in [-0.3, -0.25) is 9.36 Å². The molecule has 0 aliphatic carbocycles. The summed E-state index contributed by atoms with van der Waals surface area (Å²) in [5, 5.41) is 16.2. The normalized spacial score (nSPS) is 11.8. The van der Waals surface area contributed by atoms with E-state index in [0.717, 1.165) is 32.9 Å². The number of carbonyl (C=O) groups excluding carboxylic acids is 1. The highest BCUT2D eigenvalue weighted by Crippen LogP contribution is 2.33. The molecule has 1 unspecified atom stereocenters. The Labute approximate surface area is 263 Å². The zero-order valence-corrected chi connectivity index (χ0v) is 25.7. The van der Waals surface area contributed by atoms with E-state index in [-0.39, 0.29) is 11.9 Å². The number of aromatic nitrogens is 4. The van der Waals surface area contributed by atoms with E-state index in [1.54, 1.807) is 0 Å². The maximum Gasteiger partial charge on any atom is 0.271 e. The van der Waals surface area contributed by atoms with Gasteiger partial charge in [-0.15, -0.1) is 21.5 Å². The van der Waals surface area contributed by atoms with Crippen molar-refractivity contribution in [3.63, 3.8) is 0 Å². The molecule has 1 N–H and O–H groups in total. The van der Waals surface area contributed by atoms with E-state index in [9.17, 15) is 4.79 Å². The van der Waals surface area contributed by atoms with E-state index in [0.29, 0.717) is 33.9 Å². The molecular formula is C34H28ClN5OS2. The van der Waals surface area contributed by atoms with E-state index in [1.165, 1.54) is 23.1 Å². The van der Waals surface area contributed by atoms with Gasteiger partial charge in [-0.25, -0.2) is 4.98 Å². The lowest BCUT2D eigenvalue weighted by Gasteiger charge is -2.19. The topological polar surface area (TPSA) is 72.7 Å². The molecule has 1 amide bonds. The molecule has 0 spiro atoms. The molecule has 43 heavy (non-hydrogen) atoms. The van der Waals surface area contributed by atoms with Crippen LogP contribution >= 0.6 is 34.7 Å². The minimum Gasteiger partial charge on any atom is -0.344 e. The first-order valence-corrected chi connectivity index (χ1v) is 16.0. The number of halogens is 1. The van der Waals surface area contributed by atoms with Gasteiger partial charge >= 0.3 is 0 Å². The molecule has 4 aromatic carbocycles. The third-order valence-corrected chi connectivity index (χ3v) is 9.24. The largest absolute Gasteiger partial charge is 0.344 e. The first-order valence-electron chi connectivity index (χ1n) is 13.8. The van der Waals surface area contributed by atoms with Gasteiger partial charge < -0.3 is 5.32 Å². The maximum atomic E-state index is 13.4. The first kappa shape index (κ1) is 28.9. The highest BCUT2D eigenvalue weighted by molar-refractivity contribution is 7.98. The summed E-state index contributed by atoms with van der Waals surface area (Å²) in [5.41, 5.74) is 5.53. The highest BCUT2D eigenvalue weighted by atomic mass is 35.5. The molecule has 0 saturated carbocycles. The Kier molecular flexibility index (Phi) is 8.98. The molecule has 6 rings (SSSR count). The van der Waals surface area contributed by atoms with Gasteiger partial charge in [-0.2, -0.15) is 0 Å². The molecular weight excluding hydrogens is 594 g/mol. The van der Waals surface area contributed by atoms with Crippen LogP contribution in [0, 0.1) is 6.92 Å². The number of nitrogens with one attached hydrogen (secondary N) is 1. The van der Waals surface area contributed by atoms with Crippen LogP contribution in [0.25, 0.3) is 17.1 Å². The third kappa shape index (κ3) is 6.88. The Morgan fingerprint density at radius 2 is 1.60 bits per heavy atom. The number of thiazole rings is 1. The Balaban J connectivity index is 1.20. The molecule has 6 nitrogen and oxygen atoms in total. The minimum atomic E-state index is -0.193. The Morgan fingerprint density at radius 3 is 2.35 bits per heavy atom. The van der Waals surface area contributed by atoms with Crippen molar-refractivity contribution in [3.05, 3.63) is 147 Å². The van der Waals surface area contributed by atoms with Crippen molar-refractivity contribution in [3.8, 4) is 17.1 Å². The summed E-state index contributed by atoms with van der Waals surface area (Å²) in [5.74, 6) is 1.01. The molecule has 0 saturated heterocycles. The van der Waals surface area contributed by atoms with Crippen LogP contribution in [0.3, 0.4) is 0 Å². The fraction of sp³-hybridized carbons (Fsp3) is 0.118. The number of thioether (sulfide) groups is 1. The van der Waals surface area contributed by atoms with Crippen LogP contribution < -0.4 is 5.32 Å². The van der Waals surface area contributed by atoms with Gasteiger partial charge in [0, 0.05) is 16.6 Å². The number of amides is 1. The lowest BCUT2D eigenvalue weighted by atomic mass is 9.99. The van der Waals surface area contributed by atoms with Crippen molar-refractivity contribution in [2.24, 2.45) is 0 Å². The maximum absolute atomic E-state index is 13.4. The van der Waals surface area contributed by atoms with Gasteiger partial charge in [0.25, 0.3) is 5.91 Å². The van der Waals surface area contributed by atoms with Crippen molar-refractivity contribution >= 4 is 40.6 Å². The second-order valence-electron chi connectivity index (χ2n) is 10.00. The van der Waals surface area contributed by atoms with Crippen LogP contribution in [0.15, 0.2) is 120 Å². The van der Waals surface area contributed by atoms with Gasteiger partial charge in [0.15, 0.2) is 11.0 Å². The summed E-state index contributed by atoms with van der Waals surface area (Å²) >= 11 is 9.53. The van der Waals surface area contributed by atoms with Crippen LogP contribution in [-0.2, 0) is 12.2 Å². The molecule has 9 heteroatoms. The van der Waals surface area contributed by atoms with Crippen molar-refractivity contribution < 1.29 is 4.79 Å². The molecule has 0 bridgehead atoms. The van der Waals surface area contributed by atoms with Crippen molar-refractivity contribution in [2.75, 3.05) is 0 Å². The predicted octanol–water partition coefficient (Wildman–Crippen LogP) is 8.36. The Hall–Kier alpha value is -4.24.